The summed E-state index contributed by atoms with van der Waals surface area (Å²) in [4.78, 5) is 39.9. The lowest BCUT2D eigenvalue weighted by molar-refractivity contribution is 0.901. The van der Waals surface area contributed by atoms with E-state index < -0.39 is 0 Å². The highest BCUT2D eigenvalue weighted by molar-refractivity contribution is 6.00. The van der Waals surface area contributed by atoms with E-state index >= 15 is 0 Å². The van der Waals surface area contributed by atoms with Crippen LogP contribution in [0, 0.1) is 0 Å². The van der Waals surface area contributed by atoms with E-state index in [1.54, 1.807) is 0 Å². The highest BCUT2D eigenvalue weighted by atomic mass is 14.8. The second-order valence-electron chi connectivity index (χ2n) is 22.9. The Morgan fingerprint density at radius 2 is 0.488 bits per heavy atom. The molecule has 0 saturated heterocycles. The van der Waals surface area contributed by atoms with Crippen molar-refractivity contribution in [1.82, 2.24) is 39.9 Å². The Labute approximate surface area is 490 Å². The molecule has 82 heavy (non-hydrogen) atoms. The second kappa shape index (κ2) is 24.2. The van der Waals surface area contributed by atoms with Crippen LogP contribution in [0.3, 0.4) is 0 Å². The Balaban J connectivity index is 1.49. The van der Waals surface area contributed by atoms with E-state index in [0.29, 0.717) is 0 Å². The lowest BCUT2D eigenvalue weighted by Gasteiger charge is -2.20. The first kappa shape index (κ1) is 58.4. The van der Waals surface area contributed by atoms with Gasteiger partial charge in [0.25, 0.3) is 0 Å². The van der Waals surface area contributed by atoms with Crippen LogP contribution in [-0.4, -0.2) is 39.9 Å². The van der Waals surface area contributed by atoms with Crippen LogP contribution in [0.5, 0.6) is 0 Å². The first-order chi connectivity index (χ1) is 39.9. The standard InChI is InChI=1S/C74H94N8/c1-18-41-45(22-5)61-36-65-49(26-9)53(30-13)71(79-65)69(72-54(31-14)50(27-10)66(80-72)37-62-46(23-6)42(19-2)58(76-62)34-57(41)75-61)40(17)70-73-55(32-15)51(28-11)67(81-73)38-63-47(24-7)43(20-3)59(77-63)35-60-44(21-4)48(25-8)64(78-60)39-68-52(29-12)56(33-16)74(70)82-68/h34-40,75,77,79,82H,18-33H2,1-17H3. The minimum atomic E-state index is -0.187. The molecule has 10 heterocycles. The zero-order chi connectivity index (χ0) is 58.4. The summed E-state index contributed by atoms with van der Waals surface area (Å²) >= 11 is 0. The third-order valence-corrected chi connectivity index (χ3v) is 19.2. The van der Waals surface area contributed by atoms with Crippen molar-refractivity contribution in [3.63, 3.8) is 0 Å². The van der Waals surface area contributed by atoms with Crippen molar-refractivity contribution in [1.29, 1.82) is 0 Å². The number of allylic oxidation sites excluding steroid dienone is 8. The van der Waals surface area contributed by atoms with Gasteiger partial charge in [-0.15, -0.1) is 0 Å². The minimum absolute atomic E-state index is 0.187. The van der Waals surface area contributed by atoms with E-state index in [1.165, 1.54) is 128 Å². The van der Waals surface area contributed by atoms with E-state index in [1.807, 2.05) is 0 Å². The fraction of sp³-hybridized carbons (Fsp3) is 0.459. The SMILES string of the molecule is CCC1=C(CC)c2cc3[nH]c(cc4[nH]c(c(CC)c4CC)c(C(C)c4c5nc(cc6[nH]c(cc7nc(cc8[nH]c4c(CC)c8CC)C(CC)=C7CC)c(CC)c6CC)C(CC)=C5CC)c4nc(cc1n2)C(CC)=C4CC)c(CC)c3CC. The van der Waals surface area contributed by atoms with Crippen molar-refractivity contribution in [2.45, 2.75) is 226 Å². The van der Waals surface area contributed by atoms with Crippen LogP contribution in [0.15, 0.2) is 36.4 Å². The fourth-order valence-electron chi connectivity index (χ4n) is 15.4. The molecule has 8 nitrogen and oxygen atoms in total. The molecule has 16 bridgehead atoms. The predicted octanol–water partition coefficient (Wildman–Crippen LogP) is 20.5. The van der Waals surface area contributed by atoms with Gasteiger partial charge in [0.05, 0.1) is 45.6 Å². The molecule has 4 aliphatic rings. The smallest absolute Gasteiger partial charge is 0.0731 e. The molecule has 0 spiro atoms. The Kier molecular flexibility index (Phi) is 17.2. The predicted molar refractivity (Wildman–Crippen MR) is 354 cm³/mol. The molecule has 1 atom stereocenters. The Hall–Kier alpha value is -6.80. The normalized spacial score (nSPS) is 14.2. The van der Waals surface area contributed by atoms with Crippen LogP contribution in [-0.2, 0) is 51.4 Å². The second-order valence-corrected chi connectivity index (χ2v) is 22.9. The van der Waals surface area contributed by atoms with Gasteiger partial charge in [0, 0.05) is 61.2 Å². The van der Waals surface area contributed by atoms with Gasteiger partial charge < -0.3 is 19.9 Å². The average molecular weight is 1100 g/mol. The lowest BCUT2D eigenvalue weighted by atomic mass is 9.83. The average Bonchev–Trinajstić information content (AvgIpc) is 4.38. The maximum atomic E-state index is 6.06. The van der Waals surface area contributed by atoms with E-state index in [0.717, 1.165) is 165 Å². The van der Waals surface area contributed by atoms with Gasteiger partial charge in [-0.2, -0.15) is 0 Å². The van der Waals surface area contributed by atoms with E-state index in [-0.39, 0.29) is 5.92 Å². The van der Waals surface area contributed by atoms with Crippen LogP contribution in [0.25, 0.3) is 88.7 Å². The molecule has 1 unspecified atom stereocenters. The number of hydrogen-bond donors (Lipinski definition) is 4. The molecular weight excluding hydrogens is 1000 g/mol. The molecule has 4 aliphatic heterocycles. The number of hydrogen-bond acceptors (Lipinski definition) is 4. The summed E-state index contributed by atoms with van der Waals surface area (Å²) in [7, 11) is 0. The van der Waals surface area contributed by atoms with Crippen molar-refractivity contribution >= 4 is 88.7 Å². The fourth-order valence-corrected chi connectivity index (χ4v) is 15.4. The van der Waals surface area contributed by atoms with Gasteiger partial charge in [-0.3, -0.25) is 0 Å². The van der Waals surface area contributed by atoms with Gasteiger partial charge in [-0.1, -0.05) is 118 Å². The quantitative estimate of drug-likeness (QED) is 0.0686. The zero-order valence-corrected chi connectivity index (χ0v) is 53.1. The molecule has 0 fully saturated rings. The minimum Gasteiger partial charge on any atom is -0.355 e. The highest BCUT2D eigenvalue weighted by Gasteiger charge is 2.33. The Bertz CT molecular complexity index is 4010. The summed E-state index contributed by atoms with van der Waals surface area (Å²) < 4.78 is 0. The van der Waals surface area contributed by atoms with Gasteiger partial charge in [0.15, 0.2) is 0 Å². The van der Waals surface area contributed by atoms with E-state index in [2.05, 4.69) is 174 Å². The summed E-state index contributed by atoms with van der Waals surface area (Å²) in [5.41, 5.74) is 42.0. The first-order valence-electron chi connectivity index (χ1n) is 32.4. The number of H-pyrrole nitrogens is 4. The Morgan fingerprint density at radius 1 is 0.256 bits per heavy atom. The zero-order valence-electron chi connectivity index (χ0n) is 53.1. The lowest BCUT2D eigenvalue weighted by Crippen LogP contribution is -2.07. The molecule has 4 N–H and O–H groups in total. The van der Waals surface area contributed by atoms with Gasteiger partial charge in [0.1, 0.15) is 0 Å². The topological polar surface area (TPSA) is 115 Å². The molecular formula is C74H94N8. The number of aromatic nitrogens is 8. The third-order valence-electron chi connectivity index (χ3n) is 19.2. The molecule has 0 saturated carbocycles. The largest absolute Gasteiger partial charge is 0.355 e. The molecule has 6 aromatic heterocycles. The number of aryl methyl sites for hydroxylation is 8. The summed E-state index contributed by atoms with van der Waals surface area (Å²) in [5.74, 6) is -0.187. The molecule has 0 amide bonds. The Morgan fingerprint density at radius 3 is 0.793 bits per heavy atom. The first-order valence-corrected chi connectivity index (χ1v) is 32.4. The van der Waals surface area contributed by atoms with Gasteiger partial charge in [-0.05, 0) is 228 Å². The summed E-state index contributed by atoms with van der Waals surface area (Å²) in [6, 6.07) is 14.3. The molecule has 10 rings (SSSR count). The van der Waals surface area contributed by atoms with Crippen molar-refractivity contribution < 1.29 is 0 Å². The van der Waals surface area contributed by atoms with E-state index in [9.17, 15) is 0 Å². The van der Waals surface area contributed by atoms with Gasteiger partial charge in [0.2, 0.25) is 0 Å². The molecule has 0 aromatic carbocycles. The van der Waals surface area contributed by atoms with Crippen LogP contribution >= 0.6 is 0 Å². The number of aromatic amines is 4. The van der Waals surface area contributed by atoms with Crippen molar-refractivity contribution in [2.24, 2.45) is 0 Å². The summed E-state index contributed by atoms with van der Waals surface area (Å²) in [5, 5.41) is 0. The van der Waals surface area contributed by atoms with E-state index in [4.69, 9.17) is 19.9 Å². The van der Waals surface area contributed by atoms with Crippen molar-refractivity contribution in [3.05, 3.63) is 138 Å². The molecule has 8 heteroatoms. The van der Waals surface area contributed by atoms with Gasteiger partial charge in [-0.25, -0.2) is 19.9 Å². The van der Waals surface area contributed by atoms with Crippen LogP contribution in [0.1, 0.15) is 276 Å². The highest BCUT2D eigenvalue weighted by Crippen LogP contribution is 2.48. The van der Waals surface area contributed by atoms with Gasteiger partial charge >= 0.3 is 0 Å². The maximum absolute atomic E-state index is 6.06. The maximum Gasteiger partial charge on any atom is 0.0731 e. The molecule has 0 radical (unpaired) electrons. The van der Waals surface area contributed by atoms with Crippen molar-refractivity contribution in [3.8, 4) is 0 Å². The number of nitrogens with one attached hydrogen (secondary N) is 4. The van der Waals surface area contributed by atoms with Crippen LogP contribution < -0.4 is 0 Å². The van der Waals surface area contributed by atoms with Crippen molar-refractivity contribution in [2.75, 3.05) is 0 Å². The van der Waals surface area contributed by atoms with Crippen LogP contribution in [0.4, 0.5) is 0 Å². The molecule has 6 aromatic rings. The molecule has 430 valence electrons. The third kappa shape index (κ3) is 9.43. The number of fused-ring (bicyclic) bond motifs is 16. The number of nitrogens with zero attached hydrogens (tertiary/aromatic N) is 4. The monoisotopic (exact) mass is 1090 g/mol. The number of rotatable bonds is 18. The van der Waals surface area contributed by atoms with Crippen LogP contribution in [0.2, 0.25) is 0 Å². The summed E-state index contributed by atoms with van der Waals surface area (Å²) in [6.45, 7) is 39.6. The molecule has 0 aliphatic carbocycles. The summed E-state index contributed by atoms with van der Waals surface area (Å²) in [6.07, 6.45) is 14.3.